The first-order valence-electron chi connectivity index (χ1n) is 6.16. The third kappa shape index (κ3) is 3.05. The van der Waals surface area contributed by atoms with Gasteiger partial charge in [-0.2, -0.15) is 4.31 Å². The highest BCUT2D eigenvalue weighted by atomic mass is 35.5. The van der Waals surface area contributed by atoms with Crippen molar-refractivity contribution >= 4 is 21.6 Å². The highest BCUT2D eigenvalue weighted by Crippen LogP contribution is 2.23. The largest absolute Gasteiger partial charge is 0.218 e. The minimum absolute atomic E-state index is 0.0715. The van der Waals surface area contributed by atoms with Gasteiger partial charge in [-0.3, -0.25) is 0 Å². The predicted octanol–water partition coefficient (Wildman–Crippen LogP) is 2.74. The monoisotopic (exact) mass is 287 g/mol. The molecule has 1 heterocycles. The van der Waals surface area contributed by atoms with Gasteiger partial charge in [0.2, 0.25) is 10.0 Å². The summed E-state index contributed by atoms with van der Waals surface area (Å²) in [5.74, 6) is 0.482. The second-order valence-corrected chi connectivity index (χ2v) is 7.00. The molecule has 18 heavy (non-hydrogen) atoms. The number of sulfonamides is 1. The molecule has 5 heteroatoms. The molecule has 1 atom stereocenters. The van der Waals surface area contributed by atoms with E-state index in [1.165, 1.54) is 0 Å². The molecule has 1 fully saturated rings. The zero-order valence-corrected chi connectivity index (χ0v) is 12.0. The molecule has 0 aromatic heterocycles. The van der Waals surface area contributed by atoms with Gasteiger partial charge in [-0.1, -0.05) is 24.3 Å². The second-order valence-electron chi connectivity index (χ2n) is 4.81. The first-order chi connectivity index (χ1) is 8.53. The van der Waals surface area contributed by atoms with Crippen LogP contribution >= 0.6 is 11.6 Å². The first-order valence-corrected chi connectivity index (χ1v) is 8.30. The predicted molar refractivity (Wildman–Crippen MR) is 74.0 cm³/mol. The van der Waals surface area contributed by atoms with Crippen molar-refractivity contribution in [2.24, 2.45) is 0 Å². The van der Waals surface area contributed by atoms with Gasteiger partial charge in [0.05, 0.1) is 5.75 Å². The van der Waals surface area contributed by atoms with Gasteiger partial charge in [-0.05, 0) is 30.9 Å². The van der Waals surface area contributed by atoms with Gasteiger partial charge in [-0.15, -0.1) is 11.6 Å². The molecule has 0 bridgehead atoms. The van der Waals surface area contributed by atoms with Gasteiger partial charge in [0.25, 0.3) is 0 Å². The highest BCUT2D eigenvalue weighted by molar-refractivity contribution is 7.88. The van der Waals surface area contributed by atoms with Gasteiger partial charge in [-0.25, -0.2) is 8.42 Å². The van der Waals surface area contributed by atoms with E-state index < -0.39 is 10.0 Å². The summed E-state index contributed by atoms with van der Waals surface area (Å²) >= 11 is 5.76. The zero-order chi connectivity index (χ0) is 13.2. The number of alkyl halides is 1. The summed E-state index contributed by atoms with van der Waals surface area (Å²) < 4.78 is 26.2. The van der Waals surface area contributed by atoms with E-state index >= 15 is 0 Å². The molecule has 2 rings (SSSR count). The Morgan fingerprint density at radius 2 is 2.11 bits per heavy atom. The molecule has 100 valence electrons. The van der Waals surface area contributed by atoms with Gasteiger partial charge >= 0.3 is 0 Å². The summed E-state index contributed by atoms with van der Waals surface area (Å²) in [6.07, 6.45) is 1.92. The first kappa shape index (κ1) is 13.8. The van der Waals surface area contributed by atoms with Crippen LogP contribution in [0.1, 0.15) is 30.9 Å². The number of benzene rings is 1. The molecule has 1 saturated heterocycles. The lowest BCUT2D eigenvalue weighted by molar-refractivity contribution is 0.407. The number of hydrogen-bond donors (Lipinski definition) is 0. The van der Waals surface area contributed by atoms with E-state index in [4.69, 9.17) is 11.6 Å². The fourth-order valence-electron chi connectivity index (χ4n) is 2.42. The second kappa shape index (κ2) is 5.59. The van der Waals surface area contributed by atoms with E-state index in [0.717, 1.165) is 24.0 Å². The minimum atomic E-state index is -3.20. The van der Waals surface area contributed by atoms with E-state index in [1.54, 1.807) is 4.31 Å². The standard InChI is InChI=1S/C13H18ClNO2S/c1-11-4-3-7-15(11)18(16,17)10-13-6-2-5-12(8-13)9-14/h2,5-6,8,11H,3-4,7,9-10H2,1H3. The Morgan fingerprint density at radius 3 is 2.72 bits per heavy atom. The Bertz CT molecular complexity index is 515. The van der Waals surface area contributed by atoms with Crippen molar-refractivity contribution in [1.29, 1.82) is 0 Å². The van der Waals surface area contributed by atoms with Gasteiger partial charge in [0.15, 0.2) is 0 Å². The van der Waals surface area contributed by atoms with Gasteiger partial charge in [0, 0.05) is 18.5 Å². The topological polar surface area (TPSA) is 37.4 Å². The summed E-state index contributed by atoms with van der Waals surface area (Å²) in [5.41, 5.74) is 1.77. The summed E-state index contributed by atoms with van der Waals surface area (Å²) in [6, 6.07) is 7.60. The maximum Gasteiger partial charge on any atom is 0.218 e. The minimum Gasteiger partial charge on any atom is -0.212 e. The number of hydrogen-bond acceptors (Lipinski definition) is 2. The Hall–Kier alpha value is -0.580. The molecule has 1 unspecified atom stereocenters. The molecule has 0 radical (unpaired) electrons. The van der Waals surface area contributed by atoms with Crippen LogP contribution in [0.4, 0.5) is 0 Å². The van der Waals surface area contributed by atoms with Crippen molar-refractivity contribution in [1.82, 2.24) is 4.31 Å². The number of rotatable bonds is 4. The highest BCUT2D eigenvalue weighted by Gasteiger charge is 2.31. The van der Waals surface area contributed by atoms with Crippen molar-refractivity contribution in [2.45, 2.75) is 37.4 Å². The SMILES string of the molecule is CC1CCCN1S(=O)(=O)Cc1cccc(CCl)c1. The molecule has 1 aromatic rings. The smallest absolute Gasteiger partial charge is 0.212 e. The van der Waals surface area contributed by atoms with Crippen LogP contribution in [0.15, 0.2) is 24.3 Å². The van der Waals surface area contributed by atoms with Crippen molar-refractivity contribution in [2.75, 3.05) is 6.54 Å². The number of halogens is 1. The molecular weight excluding hydrogens is 270 g/mol. The maximum atomic E-state index is 12.3. The fraction of sp³-hybridized carbons (Fsp3) is 0.538. The average Bonchev–Trinajstić information content (AvgIpc) is 2.76. The van der Waals surface area contributed by atoms with Crippen LogP contribution in [0.2, 0.25) is 0 Å². The van der Waals surface area contributed by atoms with Gasteiger partial charge in [0.1, 0.15) is 0 Å². The van der Waals surface area contributed by atoms with Crippen LogP contribution in [-0.4, -0.2) is 25.3 Å². The lowest BCUT2D eigenvalue weighted by Crippen LogP contribution is -2.34. The van der Waals surface area contributed by atoms with Crippen LogP contribution in [0.5, 0.6) is 0 Å². The third-order valence-corrected chi connectivity index (χ3v) is 5.61. The lowest BCUT2D eigenvalue weighted by Gasteiger charge is -2.21. The van der Waals surface area contributed by atoms with Gasteiger partial charge < -0.3 is 0 Å². The maximum absolute atomic E-state index is 12.3. The molecule has 0 saturated carbocycles. The normalized spacial score (nSPS) is 21.3. The quantitative estimate of drug-likeness (QED) is 0.799. The van der Waals surface area contributed by atoms with E-state index in [2.05, 4.69) is 0 Å². The van der Waals surface area contributed by atoms with Crippen LogP contribution in [-0.2, 0) is 21.7 Å². The Balaban J connectivity index is 2.16. The molecule has 0 spiro atoms. The Labute approximate surface area is 114 Å². The summed E-state index contributed by atoms with van der Waals surface area (Å²) in [7, 11) is -3.20. The van der Waals surface area contributed by atoms with Crippen molar-refractivity contribution < 1.29 is 8.42 Å². The molecule has 1 aliphatic rings. The van der Waals surface area contributed by atoms with Crippen molar-refractivity contribution in [3.63, 3.8) is 0 Å². The summed E-state index contributed by atoms with van der Waals surface area (Å²) in [4.78, 5) is 0. The molecule has 0 amide bonds. The van der Waals surface area contributed by atoms with Crippen LogP contribution in [0, 0.1) is 0 Å². The lowest BCUT2D eigenvalue weighted by atomic mass is 10.2. The van der Waals surface area contributed by atoms with E-state index in [9.17, 15) is 8.42 Å². The summed E-state index contributed by atoms with van der Waals surface area (Å²) in [6.45, 7) is 2.62. The van der Waals surface area contributed by atoms with Crippen molar-refractivity contribution in [3.8, 4) is 0 Å². The zero-order valence-electron chi connectivity index (χ0n) is 10.5. The molecule has 0 aliphatic carbocycles. The molecule has 0 N–H and O–H groups in total. The third-order valence-electron chi connectivity index (χ3n) is 3.34. The van der Waals surface area contributed by atoms with E-state index in [1.807, 2.05) is 31.2 Å². The Kier molecular flexibility index (Phi) is 4.30. The molecule has 1 aromatic carbocycles. The molecular formula is C13H18ClNO2S. The molecule has 3 nitrogen and oxygen atoms in total. The fourth-order valence-corrected chi connectivity index (χ4v) is 4.41. The van der Waals surface area contributed by atoms with Crippen LogP contribution in [0.25, 0.3) is 0 Å². The van der Waals surface area contributed by atoms with Crippen LogP contribution < -0.4 is 0 Å². The van der Waals surface area contributed by atoms with Crippen LogP contribution in [0.3, 0.4) is 0 Å². The number of nitrogens with zero attached hydrogens (tertiary/aromatic N) is 1. The molecule has 1 aliphatic heterocycles. The summed E-state index contributed by atoms with van der Waals surface area (Å²) in [5, 5.41) is 0. The van der Waals surface area contributed by atoms with E-state index in [-0.39, 0.29) is 11.8 Å². The van der Waals surface area contributed by atoms with E-state index in [0.29, 0.717) is 12.4 Å². The Morgan fingerprint density at radius 1 is 1.39 bits per heavy atom. The average molecular weight is 288 g/mol. The van der Waals surface area contributed by atoms with Crippen molar-refractivity contribution in [3.05, 3.63) is 35.4 Å².